The van der Waals surface area contributed by atoms with Gasteiger partial charge in [-0.15, -0.1) is 6.58 Å². The maximum absolute atomic E-state index is 11.6. The number of hydrogen-bond donors (Lipinski definition) is 2. The highest BCUT2D eigenvalue weighted by atomic mass is 16.2. The number of amides is 1. The van der Waals surface area contributed by atoms with E-state index in [4.69, 9.17) is 5.73 Å². The number of nitrogens with one attached hydrogen (secondary N) is 1. The van der Waals surface area contributed by atoms with Crippen molar-refractivity contribution in [1.29, 1.82) is 0 Å². The van der Waals surface area contributed by atoms with Gasteiger partial charge in [-0.2, -0.15) is 0 Å². The highest BCUT2D eigenvalue weighted by molar-refractivity contribution is 5.82. The number of carbonyl (C=O) groups excluding carboxylic acids is 1. The van der Waals surface area contributed by atoms with Gasteiger partial charge >= 0.3 is 0 Å². The summed E-state index contributed by atoms with van der Waals surface area (Å²) in [7, 11) is 0. The minimum atomic E-state index is -0.592. The van der Waals surface area contributed by atoms with Gasteiger partial charge in [-0.1, -0.05) is 35.9 Å². The van der Waals surface area contributed by atoms with Crippen LogP contribution < -0.4 is 11.1 Å². The fourth-order valence-corrected chi connectivity index (χ4v) is 1.33. The third-order valence-electron chi connectivity index (χ3n) is 2.37. The lowest BCUT2D eigenvalue weighted by Crippen LogP contribution is -2.34. The third kappa shape index (κ3) is 3.51. The Morgan fingerprint density at radius 2 is 2.12 bits per heavy atom. The number of nitrogens with two attached hydrogens (primary N) is 1. The zero-order valence-corrected chi connectivity index (χ0v) is 9.57. The second kappa shape index (κ2) is 6.08. The van der Waals surface area contributed by atoms with Gasteiger partial charge in [-0.25, -0.2) is 0 Å². The van der Waals surface area contributed by atoms with Crippen molar-refractivity contribution < 1.29 is 4.79 Å². The highest BCUT2D eigenvalue weighted by Crippen LogP contribution is 2.11. The topological polar surface area (TPSA) is 55.1 Å². The molecule has 0 aliphatic heterocycles. The smallest absolute Gasteiger partial charge is 0.241 e. The fraction of sp³-hybridized carbons (Fsp3) is 0.308. The monoisotopic (exact) mass is 218 g/mol. The summed E-state index contributed by atoms with van der Waals surface area (Å²) < 4.78 is 0. The molecule has 0 spiro atoms. The van der Waals surface area contributed by atoms with Gasteiger partial charge in [0, 0.05) is 6.54 Å². The fourth-order valence-electron chi connectivity index (χ4n) is 1.33. The molecule has 1 aromatic carbocycles. The van der Waals surface area contributed by atoms with Crippen molar-refractivity contribution >= 4 is 5.91 Å². The first kappa shape index (κ1) is 12.5. The molecule has 86 valence electrons. The molecule has 1 amide bonds. The average molecular weight is 218 g/mol. The molecule has 16 heavy (non-hydrogen) atoms. The summed E-state index contributed by atoms with van der Waals surface area (Å²) in [6.45, 7) is 6.17. The van der Waals surface area contributed by atoms with E-state index in [1.54, 1.807) is 6.08 Å². The Hall–Kier alpha value is -1.61. The van der Waals surface area contributed by atoms with Crippen molar-refractivity contribution in [2.75, 3.05) is 6.54 Å². The molecule has 0 saturated carbocycles. The summed E-state index contributed by atoms with van der Waals surface area (Å²) in [5.74, 6) is -0.147. The summed E-state index contributed by atoms with van der Waals surface area (Å²) in [4.78, 5) is 11.6. The molecule has 3 heteroatoms. The van der Waals surface area contributed by atoms with Crippen LogP contribution in [0.3, 0.4) is 0 Å². The van der Waals surface area contributed by atoms with Crippen molar-refractivity contribution in [2.45, 2.75) is 19.4 Å². The average Bonchev–Trinajstić information content (AvgIpc) is 2.29. The molecule has 1 rings (SSSR count). The Balaban J connectivity index is 2.56. The zero-order valence-electron chi connectivity index (χ0n) is 9.57. The summed E-state index contributed by atoms with van der Waals surface area (Å²) in [5, 5.41) is 2.76. The Morgan fingerprint density at radius 1 is 1.50 bits per heavy atom. The Kier molecular flexibility index (Phi) is 4.73. The molecular weight excluding hydrogens is 200 g/mol. The first-order valence-corrected chi connectivity index (χ1v) is 5.36. The molecule has 1 unspecified atom stereocenters. The van der Waals surface area contributed by atoms with E-state index in [9.17, 15) is 4.79 Å². The van der Waals surface area contributed by atoms with E-state index in [1.165, 1.54) is 0 Å². The van der Waals surface area contributed by atoms with Gasteiger partial charge in [0.15, 0.2) is 0 Å². The van der Waals surface area contributed by atoms with Crippen LogP contribution in [0, 0.1) is 6.92 Å². The second-order valence-corrected chi connectivity index (χ2v) is 3.76. The van der Waals surface area contributed by atoms with Crippen LogP contribution in [0.2, 0.25) is 0 Å². The lowest BCUT2D eigenvalue weighted by atomic mass is 10.1. The third-order valence-corrected chi connectivity index (χ3v) is 2.37. The molecule has 0 radical (unpaired) electrons. The maximum atomic E-state index is 11.6. The van der Waals surface area contributed by atoms with Gasteiger partial charge in [0.1, 0.15) is 6.04 Å². The van der Waals surface area contributed by atoms with Gasteiger partial charge in [-0.3, -0.25) is 4.79 Å². The van der Waals surface area contributed by atoms with Gasteiger partial charge < -0.3 is 11.1 Å². The SMILES string of the molecule is C=CCCNC(=O)C(N)c1ccc(C)cc1. The van der Waals surface area contributed by atoms with E-state index >= 15 is 0 Å². The number of rotatable bonds is 5. The summed E-state index contributed by atoms with van der Waals surface area (Å²) in [6.07, 6.45) is 2.52. The van der Waals surface area contributed by atoms with Gasteiger partial charge in [-0.05, 0) is 18.9 Å². The van der Waals surface area contributed by atoms with Crippen LogP contribution in [0.5, 0.6) is 0 Å². The van der Waals surface area contributed by atoms with E-state index in [-0.39, 0.29) is 5.91 Å². The van der Waals surface area contributed by atoms with Crippen LogP contribution in [-0.2, 0) is 4.79 Å². The number of hydrogen-bond acceptors (Lipinski definition) is 2. The quantitative estimate of drug-likeness (QED) is 0.583. The van der Waals surface area contributed by atoms with E-state index in [2.05, 4.69) is 11.9 Å². The minimum absolute atomic E-state index is 0.147. The Bertz CT molecular complexity index is 357. The molecule has 0 aromatic heterocycles. The summed E-state index contributed by atoms with van der Waals surface area (Å²) in [5.41, 5.74) is 7.82. The van der Waals surface area contributed by atoms with Gasteiger partial charge in [0.05, 0.1) is 0 Å². The van der Waals surface area contributed by atoms with E-state index in [0.29, 0.717) is 6.54 Å². The number of aryl methyl sites for hydroxylation is 1. The molecule has 3 nitrogen and oxygen atoms in total. The molecule has 0 aliphatic rings. The van der Waals surface area contributed by atoms with Gasteiger partial charge in [0.25, 0.3) is 0 Å². The Morgan fingerprint density at radius 3 is 2.69 bits per heavy atom. The summed E-state index contributed by atoms with van der Waals surface area (Å²) >= 11 is 0. The first-order chi connectivity index (χ1) is 7.65. The van der Waals surface area contributed by atoms with Crippen LogP contribution in [0.1, 0.15) is 23.6 Å². The lowest BCUT2D eigenvalue weighted by Gasteiger charge is -2.12. The normalized spacial score (nSPS) is 11.9. The van der Waals surface area contributed by atoms with Crippen LogP contribution in [0.25, 0.3) is 0 Å². The van der Waals surface area contributed by atoms with Crippen molar-refractivity contribution in [3.63, 3.8) is 0 Å². The second-order valence-electron chi connectivity index (χ2n) is 3.76. The molecular formula is C13H18N2O. The number of carbonyl (C=O) groups is 1. The molecule has 0 saturated heterocycles. The van der Waals surface area contributed by atoms with Crippen molar-refractivity contribution in [3.05, 3.63) is 48.0 Å². The van der Waals surface area contributed by atoms with E-state index in [1.807, 2.05) is 31.2 Å². The molecule has 0 aliphatic carbocycles. The van der Waals surface area contributed by atoms with Crippen LogP contribution in [0.4, 0.5) is 0 Å². The Labute approximate surface area is 96.3 Å². The standard InChI is InChI=1S/C13H18N2O/c1-3-4-9-15-13(16)12(14)11-7-5-10(2)6-8-11/h3,5-8,12H,1,4,9,14H2,2H3,(H,15,16). The molecule has 0 bridgehead atoms. The minimum Gasteiger partial charge on any atom is -0.354 e. The van der Waals surface area contributed by atoms with Crippen molar-refractivity contribution in [1.82, 2.24) is 5.32 Å². The molecule has 0 fully saturated rings. The number of benzene rings is 1. The van der Waals surface area contributed by atoms with E-state index < -0.39 is 6.04 Å². The molecule has 3 N–H and O–H groups in total. The predicted octanol–water partition coefficient (Wildman–Crippen LogP) is 1.69. The molecule has 1 atom stereocenters. The van der Waals surface area contributed by atoms with E-state index in [0.717, 1.165) is 17.5 Å². The summed E-state index contributed by atoms with van der Waals surface area (Å²) in [6, 6.07) is 7.07. The lowest BCUT2D eigenvalue weighted by molar-refractivity contribution is -0.122. The largest absolute Gasteiger partial charge is 0.354 e. The van der Waals surface area contributed by atoms with Crippen LogP contribution >= 0.6 is 0 Å². The van der Waals surface area contributed by atoms with Crippen LogP contribution in [-0.4, -0.2) is 12.5 Å². The maximum Gasteiger partial charge on any atom is 0.241 e. The van der Waals surface area contributed by atoms with Crippen molar-refractivity contribution in [3.8, 4) is 0 Å². The zero-order chi connectivity index (χ0) is 12.0. The predicted molar refractivity (Wildman–Crippen MR) is 65.9 cm³/mol. The van der Waals surface area contributed by atoms with Gasteiger partial charge in [0.2, 0.25) is 5.91 Å². The first-order valence-electron chi connectivity index (χ1n) is 5.36. The molecule has 0 heterocycles. The highest BCUT2D eigenvalue weighted by Gasteiger charge is 2.14. The van der Waals surface area contributed by atoms with Crippen molar-refractivity contribution in [2.24, 2.45) is 5.73 Å². The van der Waals surface area contributed by atoms with Crippen LogP contribution in [0.15, 0.2) is 36.9 Å². The molecule has 1 aromatic rings.